The number of hydrogen-bond acceptors (Lipinski definition) is 6. The number of halogens is 1. The number of aromatic nitrogens is 2. The number of alkyl halides is 1. The molecule has 0 aliphatic carbocycles. The number of likely N-dealkylation sites (tertiary alicyclic amines) is 1. The molecule has 2 rings (SSSR count). The third-order valence-electron chi connectivity index (χ3n) is 2.88. The summed E-state index contributed by atoms with van der Waals surface area (Å²) >= 11 is 0. The number of aliphatic hydroxyl groups is 1. The van der Waals surface area contributed by atoms with Crippen LogP contribution in [0.25, 0.3) is 0 Å². The molecule has 2 atom stereocenters. The molecule has 1 N–H and O–H groups in total. The Balaban J connectivity index is 1.99. The van der Waals surface area contributed by atoms with E-state index < -0.39 is 6.17 Å². The van der Waals surface area contributed by atoms with Gasteiger partial charge in [0, 0.05) is 26.7 Å². The van der Waals surface area contributed by atoms with Crippen molar-refractivity contribution in [2.24, 2.45) is 0 Å². The number of hydrogen-bond donors (Lipinski definition) is 1. The first-order chi connectivity index (χ1) is 8.10. The standard InChI is InChI=1S/C10H17FN4O2/c1-14(2)10-12-9(17-13-10)5-15-4-7(11)3-8(15)6-16/h7-8,16H,3-6H2,1-2H3/t7-,8-/m0/s1. The molecule has 1 aliphatic heterocycles. The van der Waals surface area contributed by atoms with Crippen molar-refractivity contribution < 1.29 is 14.0 Å². The lowest BCUT2D eigenvalue weighted by Gasteiger charge is -2.19. The number of rotatable bonds is 4. The summed E-state index contributed by atoms with van der Waals surface area (Å²) in [6.45, 7) is 0.645. The van der Waals surface area contributed by atoms with E-state index in [9.17, 15) is 4.39 Å². The van der Waals surface area contributed by atoms with Crippen molar-refractivity contribution in [3.8, 4) is 0 Å². The van der Waals surface area contributed by atoms with E-state index in [4.69, 9.17) is 9.63 Å². The minimum atomic E-state index is -0.886. The minimum Gasteiger partial charge on any atom is -0.395 e. The molecule has 0 saturated carbocycles. The van der Waals surface area contributed by atoms with Crippen LogP contribution in [-0.4, -0.2) is 59.6 Å². The Labute approximate surface area is 99.0 Å². The summed E-state index contributed by atoms with van der Waals surface area (Å²) in [5.74, 6) is 0.942. The third-order valence-corrected chi connectivity index (χ3v) is 2.88. The molecule has 7 heteroatoms. The Morgan fingerprint density at radius 1 is 1.59 bits per heavy atom. The van der Waals surface area contributed by atoms with Crippen molar-refractivity contribution in [2.45, 2.75) is 25.2 Å². The van der Waals surface area contributed by atoms with Crippen molar-refractivity contribution in [3.05, 3.63) is 5.89 Å². The molecule has 1 saturated heterocycles. The van der Waals surface area contributed by atoms with Crippen LogP contribution in [-0.2, 0) is 6.54 Å². The van der Waals surface area contributed by atoms with Gasteiger partial charge in [-0.15, -0.1) is 0 Å². The second-order valence-corrected chi connectivity index (χ2v) is 4.48. The Kier molecular flexibility index (Phi) is 3.58. The summed E-state index contributed by atoms with van der Waals surface area (Å²) < 4.78 is 18.3. The fourth-order valence-electron chi connectivity index (χ4n) is 1.97. The maximum absolute atomic E-state index is 13.2. The quantitative estimate of drug-likeness (QED) is 0.806. The molecule has 1 aliphatic rings. The van der Waals surface area contributed by atoms with E-state index in [-0.39, 0.29) is 12.6 Å². The van der Waals surface area contributed by atoms with E-state index in [0.717, 1.165) is 0 Å². The maximum atomic E-state index is 13.2. The van der Waals surface area contributed by atoms with Crippen LogP contribution in [0.15, 0.2) is 4.52 Å². The monoisotopic (exact) mass is 244 g/mol. The molecule has 0 aromatic carbocycles. The van der Waals surface area contributed by atoms with Crippen LogP contribution in [0.1, 0.15) is 12.3 Å². The number of nitrogens with zero attached hydrogens (tertiary/aromatic N) is 4. The molecule has 1 aromatic heterocycles. The largest absolute Gasteiger partial charge is 0.395 e. The Morgan fingerprint density at radius 3 is 2.94 bits per heavy atom. The second-order valence-electron chi connectivity index (χ2n) is 4.48. The molecule has 2 heterocycles. The van der Waals surface area contributed by atoms with Gasteiger partial charge in [-0.3, -0.25) is 4.90 Å². The predicted octanol–water partition coefficient (Wildman–Crippen LogP) is 0.0403. The topological polar surface area (TPSA) is 65.6 Å². The lowest BCUT2D eigenvalue weighted by atomic mass is 10.2. The Morgan fingerprint density at radius 2 is 2.35 bits per heavy atom. The first-order valence-electron chi connectivity index (χ1n) is 5.59. The van der Waals surface area contributed by atoms with E-state index in [1.807, 2.05) is 19.0 Å². The van der Waals surface area contributed by atoms with Gasteiger partial charge in [-0.2, -0.15) is 4.98 Å². The maximum Gasteiger partial charge on any atom is 0.265 e. The average Bonchev–Trinajstić information content (AvgIpc) is 2.86. The lowest BCUT2D eigenvalue weighted by molar-refractivity contribution is 0.140. The van der Waals surface area contributed by atoms with E-state index in [1.54, 1.807) is 4.90 Å². The smallest absolute Gasteiger partial charge is 0.265 e. The van der Waals surface area contributed by atoms with Gasteiger partial charge in [0.15, 0.2) is 0 Å². The van der Waals surface area contributed by atoms with Gasteiger partial charge in [-0.25, -0.2) is 4.39 Å². The molecule has 1 fully saturated rings. The van der Waals surface area contributed by atoms with Crippen molar-refractivity contribution in [2.75, 3.05) is 32.1 Å². The Hall–Kier alpha value is -1.21. The van der Waals surface area contributed by atoms with E-state index in [2.05, 4.69) is 10.1 Å². The Bertz CT molecular complexity index is 371. The SMILES string of the molecule is CN(C)c1noc(CN2C[C@@H](F)C[C@H]2CO)n1. The van der Waals surface area contributed by atoms with Crippen molar-refractivity contribution in [1.29, 1.82) is 0 Å². The average molecular weight is 244 g/mol. The van der Waals surface area contributed by atoms with Gasteiger partial charge >= 0.3 is 0 Å². The fraction of sp³-hybridized carbons (Fsp3) is 0.800. The molecule has 96 valence electrons. The zero-order chi connectivity index (χ0) is 12.4. The molecule has 0 amide bonds. The summed E-state index contributed by atoms with van der Waals surface area (Å²) in [5, 5.41) is 12.9. The molecule has 0 unspecified atom stereocenters. The van der Waals surface area contributed by atoms with Crippen LogP contribution in [0, 0.1) is 0 Å². The van der Waals surface area contributed by atoms with Crippen molar-refractivity contribution in [1.82, 2.24) is 15.0 Å². The van der Waals surface area contributed by atoms with Gasteiger partial charge in [0.1, 0.15) is 6.17 Å². The molecular weight excluding hydrogens is 227 g/mol. The van der Waals surface area contributed by atoms with Gasteiger partial charge in [0.2, 0.25) is 5.89 Å². The van der Waals surface area contributed by atoms with Gasteiger partial charge in [-0.05, 0) is 11.6 Å². The highest BCUT2D eigenvalue weighted by Crippen LogP contribution is 2.22. The number of anilines is 1. The van der Waals surface area contributed by atoms with E-state index >= 15 is 0 Å². The molecule has 0 bridgehead atoms. The van der Waals surface area contributed by atoms with Crippen LogP contribution in [0.4, 0.5) is 10.3 Å². The molecule has 6 nitrogen and oxygen atoms in total. The van der Waals surface area contributed by atoms with Crippen molar-refractivity contribution >= 4 is 5.95 Å². The van der Waals surface area contributed by atoms with Crippen LogP contribution in [0.3, 0.4) is 0 Å². The highest BCUT2D eigenvalue weighted by atomic mass is 19.1. The van der Waals surface area contributed by atoms with Gasteiger partial charge in [0.25, 0.3) is 5.95 Å². The van der Waals surface area contributed by atoms with Crippen LogP contribution >= 0.6 is 0 Å². The summed E-state index contributed by atoms with van der Waals surface area (Å²) in [4.78, 5) is 7.73. The van der Waals surface area contributed by atoms with E-state index in [1.165, 1.54) is 0 Å². The number of aliphatic hydroxyl groups excluding tert-OH is 1. The van der Waals surface area contributed by atoms with Crippen LogP contribution < -0.4 is 4.90 Å². The minimum absolute atomic E-state index is 0.0465. The summed E-state index contributed by atoms with van der Waals surface area (Å²) in [6, 6.07) is -0.153. The van der Waals surface area contributed by atoms with Gasteiger partial charge < -0.3 is 14.5 Å². The highest BCUT2D eigenvalue weighted by molar-refractivity contribution is 5.23. The van der Waals surface area contributed by atoms with E-state index in [0.29, 0.717) is 31.3 Å². The first-order valence-corrected chi connectivity index (χ1v) is 5.59. The zero-order valence-electron chi connectivity index (χ0n) is 10.0. The first kappa shape index (κ1) is 12.3. The lowest BCUT2D eigenvalue weighted by Crippen LogP contribution is -2.31. The fourth-order valence-corrected chi connectivity index (χ4v) is 1.97. The van der Waals surface area contributed by atoms with Crippen LogP contribution in [0.5, 0.6) is 0 Å². The molecule has 0 radical (unpaired) electrons. The van der Waals surface area contributed by atoms with Crippen LogP contribution in [0.2, 0.25) is 0 Å². The summed E-state index contributed by atoms with van der Waals surface area (Å²) in [5.41, 5.74) is 0. The molecule has 17 heavy (non-hydrogen) atoms. The second kappa shape index (κ2) is 4.97. The summed E-state index contributed by atoms with van der Waals surface area (Å²) in [6.07, 6.45) is -0.520. The normalized spacial score (nSPS) is 25.4. The molecule has 0 spiro atoms. The molecular formula is C10H17FN4O2. The van der Waals surface area contributed by atoms with Crippen molar-refractivity contribution in [3.63, 3.8) is 0 Å². The van der Waals surface area contributed by atoms with Gasteiger partial charge in [0.05, 0.1) is 13.2 Å². The van der Waals surface area contributed by atoms with Gasteiger partial charge in [-0.1, -0.05) is 0 Å². The zero-order valence-corrected chi connectivity index (χ0v) is 10.0. The highest BCUT2D eigenvalue weighted by Gasteiger charge is 2.32. The third kappa shape index (κ3) is 2.73. The predicted molar refractivity (Wildman–Crippen MR) is 59.4 cm³/mol. The summed E-state index contributed by atoms with van der Waals surface area (Å²) in [7, 11) is 3.64. The molecule has 1 aromatic rings.